The molecule has 0 fully saturated rings. The van der Waals surface area contributed by atoms with Crippen LogP contribution in [-0.2, 0) is 4.79 Å². The fourth-order valence-electron chi connectivity index (χ4n) is 1.69. The fraction of sp³-hybridized carbons (Fsp3) is 0.133. The summed E-state index contributed by atoms with van der Waals surface area (Å²) in [5, 5.41) is 2.55. The molecule has 2 rings (SSSR count). The largest absolute Gasteiger partial charge is 0.483 e. The molecule has 0 aliphatic rings. The summed E-state index contributed by atoms with van der Waals surface area (Å²) in [6, 6.07) is 10.9. The van der Waals surface area contributed by atoms with E-state index in [0.29, 0.717) is 17.1 Å². The van der Waals surface area contributed by atoms with Crippen LogP contribution in [0.4, 0.5) is 15.8 Å². The predicted octanol–water partition coefficient (Wildman–Crippen LogP) is 2.73. The number of anilines is 2. The molecule has 0 spiro atoms. The number of benzene rings is 2. The van der Waals surface area contributed by atoms with Gasteiger partial charge in [-0.3, -0.25) is 4.79 Å². The molecule has 0 aliphatic heterocycles. The van der Waals surface area contributed by atoms with Crippen LogP contribution >= 0.6 is 0 Å². The zero-order valence-electron chi connectivity index (χ0n) is 11.0. The third-order valence-corrected chi connectivity index (χ3v) is 2.79. The highest BCUT2D eigenvalue weighted by atomic mass is 19.1. The first-order valence-corrected chi connectivity index (χ1v) is 6.09. The van der Waals surface area contributed by atoms with Crippen molar-refractivity contribution in [2.75, 3.05) is 17.7 Å². The minimum Gasteiger partial charge on any atom is -0.483 e. The number of halogens is 1. The van der Waals surface area contributed by atoms with Crippen LogP contribution in [0.1, 0.15) is 5.56 Å². The smallest absolute Gasteiger partial charge is 0.262 e. The van der Waals surface area contributed by atoms with E-state index in [9.17, 15) is 9.18 Å². The lowest BCUT2D eigenvalue weighted by molar-refractivity contribution is -0.118. The summed E-state index contributed by atoms with van der Waals surface area (Å²) < 4.78 is 18.4. The molecule has 0 radical (unpaired) electrons. The monoisotopic (exact) mass is 274 g/mol. The third-order valence-electron chi connectivity index (χ3n) is 2.79. The normalized spacial score (nSPS) is 10.1. The average Bonchev–Trinajstić information content (AvgIpc) is 2.40. The van der Waals surface area contributed by atoms with Crippen molar-refractivity contribution in [1.82, 2.24) is 0 Å². The Balaban J connectivity index is 1.94. The summed E-state index contributed by atoms with van der Waals surface area (Å²) >= 11 is 0. The first-order chi connectivity index (χ1) is 9.56. The molecule has 0 saturated heterocycles. The van der Waals surface area contributed by atoms with Crippen LogP contribution in [0.2, 0.25) is 0 Å². The van der Waals surface area contributed by atoms with Crippen LogP contribution in [-0.4, -0.2) is 12.5 Å². The Labute approximate surface area is 116 Å². The minimum absolute atomic E-state index is 0.166. The van der Waals surface area contributed by atoms with Gasteiger partial charge in [0.1, 0.15) is 11.6 Å². The maximum absolute atomic E-state index is 13.0. The zero-order chi connectivity index (χ0) is 14.5. The number of ether oxygens (including phenoxy) is 1. The average molecular weight is 274 g/mol. The molecule has 4 nitrogen and oxygen atoms in total. The number of nitrogen functional groups attached to an aromatic ring is 1. The van der Waals surface area contributed by atoms with E-state index >= 15 is 0 Å². The Morgan fingerprint density at radius 3 is 2.80 bits per heavy atom. The molecule has 20 heavy (non-hydrogen) atoms. The number of hydrogen-bond acceptors (Lipinski definition) is 3. The molecule has 1 amide bonds. The Bertz CT molecular complexity index is 629. The van der Waals surface area contributed by atoms with Crippen molar-refractivity contribution in [2.24, 2.45) is 0 Å². The van der Waals surface area contributed by atoms with E-state index in [1.807, 2.05) is 6.92 Å². The maximum Gasteiger partial charge on any atom is 0.262 e. The van der Waals surface area contributed by atoms with Gasteiger partial charge in [-0.05, 0) is 37.3 Å². The molecule has 0 bridgehead atoms. The lowest BCUT2D eigenvalue weighted by Gasteiger charge is -2.10. The van der Waals surface area contributed by atoms with E-state index < -0.39 is 5.82 Å². The van der Waals surface area contributed by atoms with Crippen molar-refractivity contribution >= 4 is 17.3 Å². The molecule has 0 atom stereocenters. The maximum atomic E-state index is 13.0. The van der Waals surface area contributed by atoms with E-state index in [1.54, 1.807) is 24.3 Å². The van der Waals surface area contributed by atoms with Crippen molar-refractivity contribution in [1.29, 1.82) is 0 Å². The minimum atomic E-state index is -0.407. The number of amides is 1. The van der Waals surface area contributed by atoms with Crippen molar-refractivity contribution in [3.05, 3.63) is 53.8 Å². The Hall–Kier alpha value is -2.56. The van der Waals surface area contributed by atoms with Gasteiger partial charge >= 0.3 is 0 Å². The molecule has 3 N–H and O–H groups in total. The molecule has 0 saturated carbocycles. The van der Waals surface area contributed by atoms with Gasteiger partial charge in [0.25, 0.3) is 5.91 Å². The summed E-state index contributed by atoms with van der Waals surface area (Å²) in [7, 11) is 0. The third kappa shape index (κ3) is 3.47. The topological polar surface area (TPSA) is 64.3 Å². The lowest BCUT2D eigenvalue weighted by Crippen LogP contribution is -2.20. The highest BCUT2D eigenvalue weighted by Crippen LogP contribution is 2.22. The van der Waals surface area contributed by atoms with E-state index in [-0.39, 0.29) is 12.5 Å². The Morgan fingerprint density at radius 1 is 1.30 bits per heavy atom. The SMILES string of the molecule is Cc1c(N)cccc1OCC(=O)Nc1cccc(F)c1. The summed E-state index contributed by atoms with van der Waals surface area (Å²) in [4.78, 5) is 11.7. The quantitative estimate of drug-likeness (QED) is 0.842. The van der Waals surface area contributed by atoms with Crippen LogP contribution in [0.15, 0.2) is 42.5 Å². The number of carbonyl (C=O) groups is 1. The van der Waals surface area contributed by atoms with Crippen LogP contribution in [0, 0.1) is 12.7 Å². The first-order valence-electron chi connectivity index (χ1n) is 6.09. The molecule has 2 aromatic carbocycles. The lowest BCUT2D eigenvalue weighted by atomic mass is 10.2. The molecule has 0 heterocycles. The van der Waals surface area contributed by atoms with Gasteiger partial charge in [-0.25, -0.2) is 4.39 Å². The van der Waals surface area contributed by atoms with Crippen molar-refractivity contribution in [2.45, 2.75) is 6.92 Å². The van der Waals surface area contributed by atoms with Gasteiger partial charge in [0.05, 0.1) is 0 Å². The number of carbonyl (C=O) groups excluding carboxylic acids is 1. The van der Waals surface area contributed by atoms with Gasteiger partial charge in [-0.2, -0.15) is 0 Å². The number of nitrogens with one attached hydrogen (secondary N) is 1. The van der Waals surface area contributed by atoms with Crippen LogP contribution in [0.5, 0.6) is 5.75 Å². The van der Waals surface area contributed by atoms with Gasteiger partial charge < -0.3 is 15.8 Å². The van der Waals surface area contributed by atoms with E-state index in [4.69, 9.17) is 10.5 Å². The highest BCUT2D eigenvalue weighted by molar-refractivity contribution is 5.91. The van der Waals surface area contributed by atoms with Gasteiger partial charge in [0, 0.05) is 16.9 Å². The molecule has 5 heteroatoms. The van der Waals surface area contributed by atoms with E-state index in [0.717, 1.165) is 5.56 Å². The van der Waals surface area contributed by atoms with Crippen LogP contribution in [0.25, 0.3) is 0 Å². The molecule has 0 aliphatic carbocycles. The number of rotatable bonds is 4. The molecule has 104 valence electrons. The summed E-state index contributed by atoms with van der Waals surface area (Å²) in [5.74, 6) is -0.216. The zero-order valence-corrected chi connectivity index (χ0v) is 11.0. The second kappa shape index (κ2) is 6.06. The predicted molar refractivity (Wildman–Crippen MR) is 76.1 cm³/mol. The number of nitrogens with two attached hydrogens (primary N) is 1. The summed E-state index contributed by atoms with van der Waals surface area (Å²) in [6.07, 6.45) is 0. The number of hydrogen-bond donors (Lipinski definition) is 2. The molecular formula is C15H15FN2O2. The van der Waals surface area contributed by atoms with Gasteiger partial charge in [0.2, 0.25) is 0 Å². The first kappa shape index (κ1) is 13.9. The van der Waals surface area contributed by atoms with Gasteiger partial charge in [-0.1, -0.05) is 12.1 Å². The molecule has 0 unspecified atom stereocenters. The summed E-state index contributed by atoms with van der Waals surface area (Å²) in [6.45, 7) is 1.65. The van der Waals surface area contributed by atoms with Crippen molar-refractivity contribution in [3.63, 3.8) is 0 Å². The fourth-order valence-corrected chi connectivity index (χ4v) is 1.69. The van der Waals surface area contributed by atoms with Crippen molar-refractivity contribution < 1.29 is 13.9 Å². The van der Waals surface area contributed by atoms with Crippen LogP contribution in [0.3, 0.4) is 0 Å². The second-order valence-electron chi connectivity index (χ2n) is 4.32. The van der Waals surface area contributed by atoms with Crippen LogP contribution < -0.4 is 15.8 Å². The van der Waals surface area contributed by atoms with E-state index in [2.05, 4.69) is 5.32 Å². The molecule has 2 aromatic rings. The molecular weight excluding hydrogens is 259 g/mol. The Morgan fingerprint density at radius 2 is 2.05 bits per heavy atom. The van der Waals surface area contributed by atoms with Gasteiger partial charge in [-0.15, -0.1) is 0 Å². The van der Waals surface area contributed by atoms with Crippen molar-refractivity contribution in [3.8, 4) is 5.75 Å². The second-order valence-corrected chi connectivity index (χ2v) is 4.32. The van der Waals surface area contributed by atoms with Gasteiger partial charge in [0.15, 0.2) is 6.61 Å². The standard InChI is InChI=1S/C15H15FN2O2/c1-10-13(17)6-3-7-14(10)20-9-15(19)18-12-5-2-4-11(16)8-12/h2-8H,9,17H2,1H3,(H,18,19). The Kier molecular flexibility index (Phi) is 4.20. The molecule has 0 aromatic heterocycles. The summed E-state index contributed by atoms with van der Waals surface area (Å²) in [5.41, 5.74) is 7.52. The van der Waals surface area contributed by atoms with E-state index in [1.165, 1.54) is 18.2 Å². The highest BCUT2D eigenvalue weighted by Gasteiger charge is 2.07.